The number of anilines is 1. The lowest BCUT2D eigenvalue weighted by Gasteiger charge is -2.16. The molecule has 0 radical (unpaired) electrons. The third kappa shape index (κ3) is 7.18. The fourth-order valence-corrected chi connectivity index (χ4v) is 1.79. The summed E-state index contributed by atoms with van der Waals surface area (Å²) < 4.78 is 6.19. The van der Waals surface area contributed by atoms with Crippen molar-refractivity contribution in [2.75, 3.05) is 25.6 Å². The van der Waals surface area contributed by atoms with Crippen molar-refractivity contribution in [1.82, 2.24) is 9.55 Å². The van der Waals surface area contributed by atoms with E-state index in [0.29, 0.717) is 0 Å². The van der Waals surface area contributed by atoms with Crippen LogP contribution < -0.4 is 11.4 Å². The minimum atomic E-state index is -1.31. The molecular formula is C12H27N3O8P2. The first-order valence-electron chi connectivity index (χ1n) is 6.72. The number of hydrogen-bond acceptors (Lipinski definition) is 10. The molecule has 148 valence electrons. The van der Waals surface area contributed by atoms with Crippen LogP contribution in [0, 0.1) is 0 Å². The molecule has 0 amide bonds. The molecule has 1 aromatic heterocycles. The largest absolute Gasteiger partial charge is 0.394 e. The molecule has 6 atom stereocenters. The molecule has 0 bridgehead atoms. The van der Waals surface area contributed by atoms with Crippen LogP contribution in [0.25, 0.3) is 0 Å². The first-order chi connectivity index (χ1) is 10.8. The van der Waals surface area contributed by atoms with Crippen LogP contribution in [0.4, 0.5) is 5.82 Å². The summed E-state index contributed by atoms with van der Waals surface area (Å²) in [6.45, 7) is -1.18. The minimum absolute atomic E-state index is 0. The average molecular weight is 403 g/mol. The molecule has 1 aromatic rings. The van der Waals surface area contributed by atoms with E-state index in [2.05, 4.69) is 4.98 Å². The fraction of sp³-hybridized carbons (Fsp3) is 0.667. The number of aliphatic hydroxyl groups excluding tert-OH is 6. The molecule has 11 nitrogen and oxygen atoms in total. The normalized spacial score (nSPS) is 24.8. The summed E-state index contributed by atoms with van der Waals surface area (Å²) in [5, 5.41) is 52.2. The van der Waals surface area contributed by atoms with Crippen LogP contribution in [0.1, 0.15) is 6.23 Å². The number of nitrogens with zero attached hydrogens (tertiary/aromatic N) is 2. The van der Waals surface area contributed by atoms with E-state index in [1.54, 1.807) is 0 Å². The molecule has 0 saturated carbocycles. The molecule has 8 N–H and O–H groups in total. The Balaban J connectivity index is 0. The molecule has 25 heavy (non-hydrogen) atoms. The molecule has 0 aliphatic carbocycles. The van der Waals surface area contributed by atoms with Gasteiger partial charge in [0.25, 0.3) is 0 Å². The summed E-state index contributed by atoms with van der Waals surface area (Å²) in [5.74, 6) is 0.0537. The summed E-state index contributed by atoms with van der Waals surface area (Å²) in [6, 6.07) is 1.37. The van der Waals surface area contributed by atoms with Crippen molar-refractivity contribution in [1.29, 1.82) is 0 Å². The van der Waals surface area contributed by atoms with Crippen LogP contribution in [-0.4, -0.2) is 84.4 Å². The monoisotopic (exact) mass is 403 g/mol. The van der Waals surface area contributed by atoms with E-state index in [9.17, 15) is 15.0 Å². The van der Waals surface area contributed by atoms with E-state index >= 15 is 0 Å². The number of aliphatic hydroxyl groups is 6. The topological polar surface area (TPSA) is 192 Å². The van der Waals surface area contributed by atoms with Gasteiger partial charge in [-0.3, -0.25) is 4.57 Å². The van der Waals surface area contributed by atoms with Gasteiger partial charge in [0.05, 0.1) is 19.8 Å². The van der Waals surface area contributed by atoms with Crippen molar-refractivity contribution in [2.45, 2.75) is 30.6 Å². The Morgan fingerprint density at radius 3 is 2.12 bits per heavy atom. The maximum absolute atomic E-state index is 11.5. The van der Waals surface area contributed by atoms with Crippen LogP contribution in [-0.2, 0) is 4.74 Å². The predicted octanol–water partition coefficient (Wildman–Crippen LogP) is -4.11. The molecule has 2 unspecified atom stereocenters. The summed E-state index contributed by atoms with van der Waals surface area (Å²) in [5.41, 5.74) is 4.63. The molecule has 0 spiro atoms. The molecule has 0 aromatic carbocycles. The molecule has 1 saturated heterocycles. The highest BCUT2D eigenvalue weighted by molar-refractivity contribution is 6.92. The summed E-state index contributed by atoms with van der Waals surface area (Å²) in [4.78, 5) is 15.0. The van der Waals surface area contributed by atoms with E-state index in [1.165, 1.54) is 12.3 Å². The van der Waals surface area contributed by atoms with Crippen molar-refractivity contribution in [3.63, 3.8) is 0 Å². The zero-order valence-corrected chi connectivity index (χ0v) is 16.4. The molecule has 1 aliphatic heterocycles. The molecule has 2 heterocycles. The molecule has 1 aliphatic rings. The minimum Gasteiger partial charge on any atom is -0.394 e. The third-order valence-electron chi connectivity index (χ3n) is 3.06. The Kier molecular flexibility index (Phi) is 13.3. The van der Waals surface area contributed by atoms with Crippen LogP contribution in [0.15, 0.2) is 17.1 Å². The highest BCUT2D eigenvalue weighted by atomic mass is 31.0. The van der Waals surface area contributed by atoms with Gasteiger partial charge < -0.3 is 41.1 Å². The van der Waals surface area contributed by atoms with Crippen molar-refractivity contribution in [2.24, 2.45) is 0 Å². The van der Waals surface area contributed by atoms with E-state index in [0.717, 1.165) is 4.57 Å². The molecule has 13 heteroatoms. The number of aromatic nitrogens is 2. The van der Waals surface area contributed by atoms with E-state index in [-0.39, 0.29) is 38.8 Å². The molecule has 2 rings (SSSR count). The van der Waals surface area contributed by atoms with Crippen LogP contribution in [0.3, 0.4) is 0 Å². The Hall–Kier alpha value is -0.740. The van der Waals surface area contributed by atoms with Gasteiger partial charge >= 0.3 is 5.69 Å². The SMILES string of the molecule is Nc1ccn([C@@H]2O[C@H](CO)[C@@H](O)[C@H]2O)c(=O)n1.OCC(O)CO.P.P. The number of rotatable bonds is 4. The molecule has 1 fully saturated rings. The van der Waals surface area contributed by atoms with Gasteiger partial charge in [-0.2, -0.15) is 24.8 Å². The van der Waals surface area contributed by atoms with Crippen molar-refractivity contribution in [3.05, 3.63) is 22.7 Å². The van der Waals surface area contributed by atoms with Gasteiger partial charge in [-0.1, -0.05) is 0 Å². The maximum Gasteiger partial charge on any atom is 0.351 e. The van der Waals surface area contributed by atoms with Gasteiger partial charge in [0.2, 0.25) is 0 Å². The highest BCUT2D eigenvalue weighted by Crippen LogP contribution is 2.27. The van der Waals surface area contributed by atoms with Crippen molar-refractivity contribution < 1.29 is 35.4 Å². The fourth-order valence-electron chi connectivity index (χ4n) is 1.79. The van der Waals surface area contributed by atoms with Gasteiger partial charge in [-0.15, -0.1) is 0 Å². The van der Waals surface area contributed by atoms with Crippen LogP contribution in [0.5, 0.6) is 0 Å². The number of nitrogens with two attached hydrogens (primary N) is 1. The van der Waals surface area contributed by atoms with Crippen molar-refractivity contribution in [3.8, 4) is 0 Å². The Morgan fingerprint density at radius 2 is 1.76 bits per heavy atom. The highest BCUT2D eigenvalue weighted by Gasteiger charge is 2.43. The van der Waals surface area contributed by atoms with E-state index in [4.69, 9.17) is 30.9 Å². The Labute approximate surface area is 150 Å². The second-order valence-corrected chi connectivity index (χ2v) is 4.79. The zero-order valence-electron chi connectivity index (χ0n) is 13.5. The Bertz CT molecular complexity index is 545. The summed E-state index contributed by atoms with van der Waals surface area (Å²) in [7, 11) is 0. The second kappa shape index (κ2) is 12.6. The number of ether oxygens (including phenoxy) is 1. The van der Waals surface area contributed by atoms with Crippen molar-refractivity contribution >= 4 is 25.6 Å². The number of nitrogen functional groups attached to an aromatic ring is 1. The van der Waals surface area contributed by atoms with Gasteiger partial charge in [0, 0.05) is 6.20 Å². The van der Waals surface area contributed by atoms with Gasteiger partial charge in [-0.05, 0) is 6.07 Å². The maximum atomic E-state index is 11.5. The average Bonchev–Trinajstić information content (AvgIpc) is 2.82. The van der Waals surface area contributed by atoms with Gasteiger partial charge in [0.15, 0.2) is 6.23 Å². The van der Waals surface area contributed by atoms with Gasteiger partial charge in [-0.25, -0.2) is 4.79 Å². The molecular weight excluding hydrogens is 376 g/mol. The predicted molar refractivity (Wildman–Crippen MR) is 98.3 cm³/mol. The summed E-state index contributed by atoms with van der Waals surface area (Å²) >= 11 is 0. The second-order valence-electron chi connectivity index (χ2n) is 4.79. The first-order valence-corrected chi connectivity index (χ1v) is 6.72. The lowest BCUT2D eigenvalue weighted by molar-refractivity contribution is -0.0549. The van der Waals surface area contributed by atoms with Crippen LogP contribution >= 0.6 is 19.8 Å². The standard InChI is InChI=1S/C9H13N3O5.C3H8O3.2H3P/c10-5-1-2-12(9(16)11-5)8-7(15)6(14)4(3-13)17-8;4-1-3(6)2-5;;/h1-2,4,6-8,13-15H,3H2,(H2,10,11,16);3-6H,1-2H2;2*1H3/t4-,6-,7-,8-;;;/m1.../s1. The van der Waals surface area contributed by atoms with E-state index < -0.39 is 42.9 Å². The van der Waals surface area contributed by atoms with Crippen LogP contribution in [0.2, 0.25) is 0 Å². The smallest absolute Gasteiger partial charge is 0.351 e. The zero-order chi connectivity index (χ0) is 17.6. The third-order valence-corrected chi connectivity index (χ3v) is 3.06. The summed E-state index contributed by atoms with van der Waals surface area (Å²) in [6.07, 6.45) is -4.22. The van der Waals surface area contributed by atoms with Gasteiger partial charge in [0.1, 0.15) is 30.2 Å². The quantitative estimate of drug-likeness (QED) is 0.243. The first kappa shape index (κ1) is 26.5. The lowest BCUT2D eigenvalue weighted by atomic mass is 10.1. The Morgan fingerprint density at radius 1 is 1.20 bits per heavy atom. The lowest BCUT2D eigenvalue weighted by Crippen LogP contribution is -2.36. The van der Waals surface area contributed by atoms with E-state index in [1.807, 2.05) is 0 Å². The number of hydrogen-bond donors (Lipinski definition) is 7.